The predicted octanol–water partition coefficient (Wildman–Crippen LogP) is 4.11. The molecule has 4 rings (SSSR count). The topological polar surface area (TPSA) is 96.4 Å². The van der Waals surface area contributed by atoms with Crippen molar-refractivity contribution >= 4 is 23.5 Å². The van der Waals surface area contributed by atoms with Gasteiger partial charge in [-0.2, -0.15) is 0 Å². The molecular formula is C32H44N2O6. The zero-order valence-electron chi connectivity index (χ0n) is 24.5. The number of carbonyl (C=O) groups excluding carboxylic acids is 3. The Balaban J connectivity index is 1.84. The van der Waals surface area contributed by atoms with Crippen LogP contribution < -0.4 is 4.90 Å². The van der Waals surface area contributed by atoms with Crippen molar-refractivity contribution in [2.75, 3.05) is 24.7 Å². The molecule has 2 unspecified atom stereocenters. The number of aryl methyl sites for hydroxylation is 2. The minimum Gasteiger partial charge on any atom is -0.465 e. The maximum atomic E-state index is 14.8. The lowest BCUT2D eigenvalue weighted by Gasteiger charge is -2.40. The van der Waals surface area contributed by atoms with E-state index in [1.165, 1.54) is 0 Å². The van der Waals surface area contributed by atoms with E-state index in [1.54, 1.807) is 22.0 Å². The summed E-state index contributed by atoms with van der Waals surface area (Å²) in [4.78, 5) is 45.9. The average Bonchev–Trinajstić information content (AvgIpc) is 3.47. The van der Waals surface area contributed by atoms with Crippen molar-refractivity contribution in [1.29, 1.82) is 0 Å². The summed E-state index contributed by atoms with van der Waals surface area (Å²) in [7, 11) is 0. The van der Waals surface area contributed by atoms with Crippen LogP contribution >= 0.6 is 0 Å². The van der Waals surface area contributed by atoms with Crippen molar-refractivity contribution in [1.82, 2.24) is 4.90 Å². The summed E-state index contributed by atoms with van der Waals surface area (Å²) < 4.78 is 12.3. The first-order valence-corrected chi connectivity index (χ1v) is 14.4. The summed E-state index contributed by atoms with van der Waals surface area (Å²) in [5, 5.41) is 10.5. The van der Waals surface area contributed by atoms with Crippen molar-refractivity contribution in [2.24, 2.45) is 17.8 Å². The standard InChI is InChI=1S/C32H44N2O6/c1-8-10-16-39-30(38)26-25-28(36)34(23(19-35)17-20(3)4)27(32(25)14-13-31(26,7)40-32)29(37)33(15-9-2)24-18-21(5)11-12-22(24)6/h8-9,11-12,18,20,23,25-27,35H,1-2,10,13-17,19H2,3-7H3/t23-,25+,26-,27?,31+,32?/m1/s1. The Bertz CT molecular complexity index is 1180. The maximum absolute atomic E-state index is 14.8. The second-order valence-corrected chi connectivity index (χ2v) is 12.2. The highest BCUT2D eigenvalue weighted by molar-refractivity contribution is 6.05. The first-order valence-electron chi connectivity index (χ1n) is 14.4. The first kappa shape index (κ1) is 30.0. The van der Waals surface area contributed by atoms with Crippen molar-refractivity contribution in [3.8, 4) is 0 Å². The fourth-order valence-electron chi connectivity index (χ4n) is 7.14. The van der Waals surface area contributed by atoms with Gasteiger partial charge in [-0.05, 0) is 69.6 Å². The van der Waals surface area contributed by atoms with Crippen LogP contribution in [-0.2, 0) is 23.9 Å². The molecule has 0 aliphatic carbocycles. The van der Waals surface area contributed by atoms with Gasteiger partial charge in [-0.15, -0.1) is 13.2 Å². The van der Waals surface area contributed by atoms with Crippen LogP contribution in [0.5, 0.6) is 0 Å². The minimum absolute atomic E-state index is 0.163. The third-order valence-corrected chi connectivity index (χ3v) is 8.85. The molecule has 1 spiro atoms. The van der Waals surface area contributed by atoms with Gasteiger partial charge in [-0.3, -0.25) is 14.4 Å². The number of nitrogens with zero attached hydrogens (tertiary/aromatic N) is 2. The highest BCUT2D eigenvalue weighted by atomic mass is 16.6. The van der Waals surface area contributed by atoms with Crippen LogP contribution in [0.25, 0.3) is 0 Å². The number of carbonyl (C=O) groups is 3. The number of hydrogen-bond acceptors (Lipinski definition) is 6. The molecule has 3 aliphatic heterocycles. The number of ether oxygens (including phenoxy) is 2. The maximum Gasteiger partial charge on any atom is 0.312 e. The van der Waals surface area contributed by atoms with E-state index in [0.717, 1.165) is 16.8 Å². The van der Waals surface area contributed by atoms with Gasteiger partial charge in [0.15, 0.2) is 0 Å². The monoisotopic (exact) mass is 552 g/mol. The van der Waals surface area contributed by atoms with Gasteiger partial charge in [0, 0.05) is 12.2 Å². The summed E-state index contributed by atoms with van der Waals surface area (Å²) in [6.45, 7) is 17.5. The van der Waals surface area contributed by atoms with E-state index in [9.17, 15) is 19.5 Å². The molecule has 1 aromatic carbocycles. The average molecular weight is 553 g/mol. The molecule has 3 saturated heterocycles. The summed E-state index contributed by atoms with van der Waals surface area (Å²) in [5.41, 5.74) is 0.524. The highest BCUT2D eigenvalue weighted by Crippen LogP contribution is 2.64. The van der Waals surface area contributed by atoms with E-state index in [4.69, 9.17) is 9.47 Å². The highest BCUT2D eigenvalue weighted by Gasteiger charge is 2.79. The number of aliphatic hydroxyl groups excluding tert-OH is 1. The zero-order chi connectivity index (χ0) is 29.4. The van der Waals surface area contributed by atoms with E-state index >= 15 is 0 Å². The summed E-state index contributed by atoms with van der Waals surface area (Å²) >= 11 is 0. The molecule has 3 aliphatic rings. The Labute approximate surface area is 238 Å². The molecule has 2 bridgehead atoms. The molecule has 8 nitrogen and oxygen atoms in total. The van der Waals surface area contributed by atoms with Crippen LogP contribution in [0.15, 0.2) is 43.5 Å². The smallest absolute Gasteiger partial charge is 0.312 e. The van der Waals surface area contributed by atoms with E-state index in [0.29, 0.717) is 25.7 Å². The van der Waals surface area contributed by atoms with Crippen LogP contribution in [0.2, 0.25) is 0 Å². The number of hydrogen-bond donors (Lipinski definition) is 1. The third kappa shape index (κ3) is 4.90. The molecule has 1 aromatic rings. The molecule has 40 heavy (non-hydrogen) atoms. The molecule has 1 N–H and O–H groups in total. The second-order valence-electron chi connectivity index (χ2n) is 12.2. The Morgan fingerprint density at radius 2 is 1.98 bits per heavy atom. The number of aliphatic hydroxyl groups is 1. The SMILES string of the molecule is C=CCCOC(=O)[C@H]1[C@H]2C(=O)N([C@@H](CO)CC(C)C)C(C(=O)N(CC=C)c3cc(C)ccc3C)C23CC[C@]1(C)O3. The lowest BCUT2D eigenvalue weighted by atomic mass is 9.66. The van der Waals surface area contributed by atoms with Gasteiger partial charge in [0.05, 0.1) is 30.8 Å². The Hall–Kier alpha value is -2.97. The van der Waals surface area contributed by atoms with E-state index < -0.39 is 41.1 Å². The van der Waals surface area contributed by atoms with Crippen LogP contribution in [0.4, 0.5) is 5.69 Å². The van der Waals surface area contributed by atoms with Crippen LogP contribution in [-0.4, -0.2) is 70.8 Å². The number of anilines is 1. The van der Waals surface area contributed by atoms with Crippen molar-refractivity contribution in [3.63, 3.8) is 0 Å². The quantitative estimate of drug-likeness (QED) is 0.238. The number of likely N-dealkylation sites (tertiary alicyclic amines) is 1. The van der Waals surface area contributed by atoms with Crippen molar-refractivity contribution < 1.29 is 29.0 Å². The van der Waals surface area contributed by atoms with Gasteiger partial charge in [-0.25, -0.2) is 0 Å². The lowest BCUT2D eigenvalue weighted by molar-refractivity contribution is -0.160. The fraction of sp³-hybridized carbons (Fsp3) is 0.594. The molecule has 3 fully saturated rings. The van der Waals surface area contributed by atoms with E-state index in [1.807, 2.05) is 52.8 Å². The van der Waals surface area contributed by atoms with Crippen LogP contribution in [0.1, 0.15) is 57.6 Å². The number of amides is 2. The van der Waals surface area contributed by atoms with E-state index in [2.05, 4.69) is 13.2 Å². The molecular weight excluding hydrogens is 508 g/mol. The number of rotatable bonds is 12. The minimum atomic E-state index is -1.20. The number of esters is 1. The van der Waals surface area contributed by atoms with Gasteiger partial charge >= 0.3 is 5.97 Å². The van der Waals surface area contributed by atoms with Crippen molar-refractivity contribution in [2.45, 2.75) is 83.6 Å². The Kier molecular flexibility index (Phi) is 8.62. The van der Waals surface area contributed by atoms with Crippen molar-refractivity contribution in [3.05, 3.63) is 54.6 Å². The normalized spacial score (nSPS) is 29.4. The molecule has 3 heterocycles. The van der Waals surface area contributed by atoms with Gasteiger partial charge in [0.2, 0.25) is 5.91 Å². The van der Waals surface area contributed by atoms with Crippen LogP contribution in [0.3, 0.4) is 0 Å². The molecule has 0 radical (unpaired) electrons. The molecule has 8 heteroatoms. The lowest BCUT2D eigenvalue weighted by Crippen LogP contribution is -2.59. The largest absolute Gasteiger partial charge is 0.465 e. The second kappa shape index (κ2) is 11.5. The van der Waals surface area contributed by atoms with Crippen LogP contribution in [0, 0.1) is 31.6 Å². The zero-order valence-corrected chi connectivity index (χ0v) is 24.5. The summed E-state index contributed by atoms with van der Waals surface area (Å²) in [5.74, 6) is -2.66. The fourth-order valence-corrected chi connectivity index (χ4v) is 7.14. The molecule has 218 valence electrons. The van der Waals surface area contributed by atoms with E-state index in [-0.39, 0.29) is 37.5 Å². The molecule has 2 amide bonds. The summed E-state index contributed by atoms with van der Waals surface area (Å²) in [6, 6.07) is 4.31. The Morgan fingerprint density at radius 1 is 1.25 bits per heavy atom. The first-order chi connectivity index (χ1) is 19.0. The molecule has 0 aromatic heterocycles. The number of fused-ring (bicyclic) bond motifs is 1. The molecule has 6 atom stereocenters. The van der Waals surface area contributed by atoms with Gasteiger partial charge in [0.25, 0.3) is 5.91 Å². The predicted molar refractivity (Wildman–Crippen MR) is 154 cm³/mol. The van der Waals surface area contributed by atoms with Gasteiger partial charge in [0.1, 0.15) is 17.6 Å². The van der Waals surface area contributed by atoms with Gasteiger partial charge < -0.3 is 24.4 Å². The Morgan fingerprint density at radius 3 is 2.60 bits per heavy atom. The number of benzene rings is 1. The van der Waals surface area contributed by atoms with Gasteiger partial charge in [-0.1, -0.05) is 38.1 Å². The summed E-state index contributed by atoms with van der Waals surface area (Å²) in [6.07, 6.45) is 5.32. The third-order valence-electron chi connectivity index (χ3n) is 8.85. The molecule has 0 saturated carbocycles.